The molecule has 0 aliphatic rings. The van der Waals surface area contributed by atoms with Gasteiger partial charge in [-0.2, -0.15) is 4.98 Å². The van der Waals surface area contributed by atoms with Crippen molar-refractivity contribution in [3.63, 3.8) is 0 Å². The summed E-state index contributed by atoms with van der Waals surface area (Å²) in [5.74, 6) is 1.24. The molecule has 1 aromatic heterocycles. The highest BCUT2D eigenvalue weighted by Gasteiger charge is 2.25. The summed E-state index contributed by atoms with van der Waals surface area (Å²) in [5, 5.41) is 7.01. The van der Waals surface area contributed by atoms with Gasteiger partial charge in [0.05, 0.1) is 5.54 Å². The molecule has 14 heavy (non-hydrogen) atoms. The van der Waals surface area contributed by atoms with Crippen molar-refractivity contribution in [1.82, 2.24) is 15.5 Å². The highest BCUT2D eigenvalue weighted by Crippen LogP contribution is 2.19. The molecule has 0 spiro atoms. The van der Waals surface area contributed by atoms with E-state index in [1.54, 1.807) is 0 Å². The summed E-state index contributed by atoms with van der Waals surface area (Å²) in [5.41, 5.74) is -0.278. The highest BCUT2D eigenvalue weighted by atomic mass is 16.5. The summed E-state index contributed by atoms with van der Waals surface area (Å²) in [7, 11) is 3.80. The number of hydrogen-bond acceptors (Lipinski definition) is 5. The van der Waals surface area contributed by atoms with Gasteiger partial charge in [-0.3, -0.25) is 0 Å². The molecule has 0 aromatic carbocycles. The molecule has 0 radical (unpaired) electrons. The lowest BCUT2D eigenvalue weighted by molar-refractivity contribution is 0.280. The lowest BCUT2D eigenvalue weighted by Gasteiger charge is -2.18. The molecular weight excluding hydrogens is 180 g/mol. The minimum Gasteiger partial charge on any atom is -0.342 e. The van der Waals surface area contributed by atoms with Crippen LogP contribution < -0.4 is 10.2 Å². The number of anilines is 1. The molecule has 0 saturated carbocycles. The number of aromatic nitrogens is 2. The molecule has 0 amide bonds. The molecule has 1 rings (SSSR count). The van der Waals surface area contributed by atoms with Crippen molar-refractivity contribution in [3.8, 4) is 0 Å². The van der Waals surface area contributed by atoms with Crippen LogP contribution in [0.5, 0.6) is 0 Å². The van der Waals surface area contributed by atoms with Crippen LogP contribution in [0.15, 0.2) is 4.52 Å². The maximum absolute atomic E-state index is 5.18. The quantitative estimate of drug-likeness (QED) is 0.781. The van der Waals surface area contributed by atoms with E-state index in [2.05, 4.69) is 15.5 Å². The average molecular weight is 198 g/mol. The fraction of sp³-hybridized carbons (Fsp3) is 0.778. The van der Waals surface area contributed by atoms with E-state index >= 15 is 0 Å². The Hall–Kier alpha value is -1.10. The Morgan fingerprint density at radius 1 is 1.50 bits per heavy atom. The Balaban J connectivity index is 2.88. The standard InChI is InChI=1S/C9H18N4O/c1-6-13(5)8-11-7(14-12-8)9(2,3)10-4/h10H,6H2,1-5H3. The van der Waals surface area contributed by atoms with Gasteiger partial charge in [-0.25, -0.2) is 0 Å². The van der Waals surface area contributed by atoms with E-state index in [1.807, 2.05) is 39.8 Å². The summed E-state index contributed by atoms with van der Waals surface area (Å²) in [4.78, 5) is 6.24. The number of nitrogens with zero attached hydrogens (tertiary/aromatic N) is 3. The van der Waals surface area contributed by atoms with E-state index in [9.17, 15) is 0 Å². The Labute approximate surface area is 84.5 Å². The van der Waals surface area contributed by atoms with Gasteiger partial charge < -0.3 is 14.7 Å². The zero-order chi connectivity index (χ0) is 10.8. The molecule has 80 valence electrons. The van der Waals surface area contributed by atoms with Gasteiger partial charge in [0.2, 0.25) is 5.89 Å². The van der Waals surface area contributed by atoms with Crippen LogP contribution in [0.1, 0.15) is 26.7 Å². The molecule has 0 fully saturated rings. The van der Waals surface area contributed by atoms with Crippen molar-refractivity contribution in [2.24, 2.45) is 0 Å². The van der Waals surface area contributed by atoms with Crippen molar-refractivity contribution in [1.29, 1.82) is 0 Å². The van der Waals surface area contributed by atoms with E-state index in [0.717, 1.165) is 6.54 Å². The zero-order valence-electron chi connectivity index (χ0n) is 9.46. The van der Waals surface area contributed by atoms with Crippen LogP contribution in [-0.2, 0) is 5.54 Å². The molecule has 5 heteroatoms. The summed E-state index contributed by atoms with van der Waals surface area (Å²) < 4.78 is 5.18. The zero-order valence-corrected chi connectivity index (χ0v) is 9.46. The van der Waals surface area contributed by atoms with Gasteiger partial charge in [-0.05, 0) is 33.0 Å². The molecule has 0 aliphatic carbocycles. The lowest BCUT2D eigenvalue weighted by atomic mass is 10.1. The topological polar surface area (TPSA) is 54.2 Å². The van der Waals surface area contributed by atoms with Crippen LogP contribution in [0.2, 0.25) is 0 Å². The van der Waals surface area contributed by atoms with E-state index in [0.29, 0.717) is 11.8 Å². The predicted octanol–water partition coefficient (Wildman–Crippen LogP) is 0.980. The SMILES string of the molecule is CCN(C)c1noc(C(C)(C)NC)n1. The average Bonchev–Trinajstić information content (AvgIpc) is 2.66. The van der Waals surface area contributed by atoms with E-state index in [4.69, 9.17) is 4.52 Å². The fourth-order valence-corrected chi connectivity index (χ4v) is 0.873. The molecular formula is C9H18N4O. The van der Waals surface area contributed by atoms with Crippen molar-refractivity contribution in [2.45, 2.75) is 26.3 Å². The largest absolute Gasteiger partial charge is 0.342 e. The summed E-state index contributed by atoms with van der Waals surface area (Å²) in [6.45, 7) is 6.89. The van der Waals surface area contributed by atoms with Crippen molar-refractivity contribution in [2.75, 3.05) is 25.5 Å². The van der Waals surface area contributed by atoms with E-state index in [-0.39, 0.29) is 5.54 Å². The molecule has 5 nitrogen and oxygen atoms in total. The van der Waals surface area contributed by atoms with Crippen LogP contribution in [0, 0.1) is 0 Å². The van der Waals surface area contributed by atoms with Gasteiger partial charge >= 0.3 is 0 Å². The highest BCUT2D eigenvalue weighted by molar-refractivity contribution is 5.26. The first-order chi connectivity index (χ1) is 6.51. The van der Waals surface area contributed by atoms with Crippen molar-refractivity contribution < 1.29 is 4.52 Å². The molecule has 0 saturated heterocycles. The van der Waals surface area contributed by atoms with Crippen molar-refractivity contribution >= 4 is 5.95 Å². The number of rotatable bonds is 4. The summed E-state index contributed by atoms with van der Waals surface area (Å²) in [6, 6.07) is 0. The smallest absolute Gasteiger partial charge is 0.265 e. The first-order valence-electron chi connectivity index (χ1n) is 4.75. The minimum absolute atomic E-state index is 0.278. The summed E-state index contributed by atoms with van der Waals surface area (Å²) >= 11 is 0. The van der Waals surface area contributed by atoms with Gasteiger partial charge in [0.1, 0.15) is 0 Å². The second kappa shape index (κ2) is 3.96. The monoisotopic (exact) mass is 198 g/mol. The number of hydrogen-bond donors (Lipinski definition) is 1. The molecule has 0 bridgehead atoms. The van der Waals surface area contributed by atoms with Crippen LogP contribution >= 0.6 is 0 Å². The van der Waals surface area contributed by atoms with Crippen molar-refractivity contribution in [3.05, 3.63) is 5.89 Å². The lowest BCUT2D eigenvalue weighted by Crippen LogP contribution is -2.33. The molecule has 0 atom stereocenters. The van der Waals surface area contributed by atoms with Crippen LogP contribution in [0.4, 0.5) is 5.95 Å². The third kappa shape index (κ3) is 2.04. The molecule has 1 heterocycles. The second-order valence-corrected chi connectivity index (χ2v) is 3.79. The Morgan fingerprint density at radius 3 is 2.64 bits per heavy atom. The van der Waals surface area contributed by atoms with E-state index in [1.165, 1.54) is 0 Å². The van der Waals surface area contributed by atoms with Gasteiger partial charge in [0.25, 0.3) is 5.95 Å². The number of nitrogens with one attached hydrogen (secondary N) is 1. The van der Waals surface area contributed by atoms with Crippen LogP contribution in [0.25, 0.3) is 0 Å². The van der Waals surface area contributed by atoms with Gasteiger partial charge in [-0.1, -0.05) is 0 Å². The van der Waals surface area contributed by atoms with Gasteiger partial charge in [0, 0.05) is 13.6 Å². The first kappa shape index (κ1) is 11.0. The first-order valence-corrected chi connectivity index (χ1v) is 4.75. The Morgan fingerprint density at radius 2 is 2.14 bits per heavy atom. The predicted molar refractivity (Wildman–Crippen MR) is 55.3 cm³/mol. The van der Waals surface area contributed by atoms with E-state index < -0.39 is 0 Å². The Bertz CT molecular complexity index is 295. The third-order valence-electron chi connectivity index (χ3n) is 2.39. The molecule has 1 N–H and O–H groups in total. The van der Waals surface area contributed by atoms with Gasteiger partial charge in [0.15, 0.2) is 0 Å². The molecule has 0 aliphatic heterocycles. The second-order valence-electron chi connectivity index (χ2n) is 3.79. The molecule has 0 unspecified atom stereocenters. The van der Waals surface area contributed by atoms with Gasteiger partial charge in [-0.15, -0.1) is 0 Å². The fourth-order valence-electron chi connectivity index (χ4n) is 0.873. The van der Waals surface area contributed by atoms with Crippen LogP contribution in [-0.4, -0.2) is 30.8 Å². The minimum atomic E-state index is -0.278. The summed E-state index contributed by atoms with van der Waals surface area (Å²) in [6.07, 6.45) is 0. The normalized spacial score (nSPS) is 11.8. The van der Waals surface area contributed by atoms with Crippen LogP contribution in [0.3, 0.4) is 0 Å². The maximum Gasteiger partial charge on any atom is 0.265 e. The Kier molecular flexibility index (Phi) is 3.10. The third-order valence-corrected chi connectivity index (χ3v) is 2.39. The maximum atomic E-state index is 5.18. The molecule has 1 aromatic rings.